The number of carboxylic acid groups (broad SMARTS) is 1. The zero-order chi connectivity index (χ0) is 14.6. The average Bonchev–Trinajstić information content (AvgIpc) is 2.26. The first-order valence-corrected chi connectivity index (χ1v) is 5.01. The number of benzene rings is 1. The number of hydrogen-bond acceptors (Lipinski definition) is 3. The molecule has 0 saturated heterocycles. The predicted molar refractivity (Wildman–Crippen MR) is 59.3 cm³/mol. The van der Waals surface area contributed by atoms with Crippen LogP contribution in [0.15, 0.2) is 18.2 Å². The van der Waals surface area contributed by atoms with Crippen LogP contribution < -0.4 is 10.1 Å². The van der Waals surface area contributed by atoms with Gasteiger partial charge in [0, 0.05) is 0 Å². The first-order valence-electron chi connectivity index (χ1n) is 5.01. The molecule has 1 amide bonds. The van der Waals surface area contributed by atoms with E-state index in [4.69, 9.17) is 9.84 Å². The summed E-state index contributed by atoms with van der Waals surface area (Å²) in [6, 6.07) is 3.59. The van der Waals surface area contributed by atoms with Gasteiger partial charge in [-0.2, -0.15) is 13.2 Å². The number of amides is 1. The van der Waals surface area contributed by atoms with Crippen molar-refractivity contribution in [2.75, 3.05) is 12.4 Å². The number of carboxylic acids is 1. The first-order chi connectivity index (χ1) is 8.73. The zero-order valence-corrected chi connectivity index (χ0v) is 9.75. The Labute approximate surface area is 106 Å². The van der Waals surface area contributed by atoms with Crippen molar-refractivity contribution in [3.8, 4) is 5.75 Å². The number of methoxy groups -OCH3 is 1. The number of ether oxygens (including phenoxy) is 1. The number of aromatic carboxylic acids is 1. The number of alkyl halides is 3. The van der Waals surface area contributed by atoms with Crippen LogP contribution in [0.2, 0.25) is 0 Å². The molecule has 0 atom stereocenters. The fourth-order valence-corrected chi connectivity index (χ4v) is 1.31. The van der Waals surface area contributed by atoms with E-state index in [-0.39, 0.29) is 17.0 Å². The van der Waals surface area contributed by atoms with E-state index < -0.39 is 24.5 Å². The summed E-state index contributed by atoms with van der Waals surface area (Å²) in [5.74, 6) is -2.51. The van der Waals surface area contributed by atoms with Gasteiger partial charge in [0.2, 0.25) is 5.91 Å². The Kier molecular flexibility index (Phi) is 4.36. The maximum atomic E-state index is 12.0. The smallest absolute Gasteiger partial charge is 0.397 e. The van der Waals surface area contributed by atoms with Crippen LogP contribution in [0.3, 0.4) is 0 Å². The largest absolute Gasteiger partial charge is 0.497 e. The van der Waals surface area contributed by atoms with Gasteiger partial charge in [-0.05, 0) is 18.2 Å². The van der Waals surface area contributed by atoms with E-state index in [1.165, 1.54) is 13.2 Å². The van der Waals surface area contributed by atoms with Crippen LogP contribution in [-0.4, -0.2) is 30.3 Å². The lowest BCUT2D eigenvalue weighted by Crippen LogP contribution is -2.22. The van der Waals surface area contributed by atoms with E-state index >= 15 is 0 Å². The summed E-state index contributed by atoms with van der Waals surface area (Å²) in [6.45, 7) is 0. The summed E-state index contributed by atoms with van der Waals surface area (Å²) in [5, 5.41) is 10.8. The normalized spacial score (nSPS) is 10.9. The van der Waals surface area contributed by atoms with Crippen molar-refractivity contribution in [3.05, 3.63) is 23.8 Å². The molecule has 0 saturated carbocycles. The van der Waals surface area contributed by atoms with Gasteiger partial charge in [-0.1, -0.05) is 0 Å². The van der Waals surface area contributed by atoms with Crippen LogP contribution in [0, 0.1) is 0 Å². The Balaban J connectivity index is 2.95. The molecule has 0 heterocycles. The summed E-state index contributed by atoms with van der Waals surface area (Å²) in [5.41, 5.74) is -0.572. The van der Waals surface area contributed by atoms with Gasteiger partial charge in [0.15, 0.2) is 0 Å². The highest BCUT2D eigenvalue weighted by Gasteiger charge is 2.31. The molecule has 104 valence electrons. The van der Waals surface area contributed by atoms with Gasteiger partial charge in [0.05, 0.1) is 18.4 Å². The number of hydrogen-bond donors (Lipinski definition) is 2. The summed E-state index contributed by atoms with van der Waals surface area (Å²) in [6.07, 6.45) is -6.34. The number of nitrogens with one attached hydrogen (secondary N) is 1. The number of rotatable bonds is 4. The van der Waals surface area contributed by atoms with E-state index in [1.54, 1.807) is 0 Å². The molecule has 2 N–H and O–H groups in total. The predicted octanol–water partition coefficient (Wildman–Crippen LogP) is 2.28. The number of halogens is 3. The van der Waals surface area contributed by atoms with E-state index in [1.807, 2.05) is 5.32 Å². The van der Waals surface area contributed by atoms with Gasteiger partial charge in [0.25, 0.3) is 0 Å². The van der Waals surface area contributed by atoms with Crippen LogP contribution in [0.4, 0.5) is 18.9 Å². The number of carbonyl (C=O) groups excluding carboxylic acids is 1. The highest BCUT2D eigenvalue weighted by Crippen LogP contribution is 2.24. The molecule has 19 heavy (non-hydrogen) atoms. The zero-order valence-electron chi connectivity index (χ0n) is 9.75. The van der Waals surface area contributed by atoms with Gasteiger partial charge in [-0.15, -0.1) is 0 Å². The summed E-state index contributed by atoms with van der Waals surface area (Å²) < 4.78 is 40.8. The summed E-state index contributed by atoms with van der Waals surface area (Å²) in [4.78, 5) is 22.0. The van der Waals surface area contributed by atoms with Crippen LogP contribution in [0.25, 0.3) is 0 Å². The Morgan fingerprint density at radius 1 is 1.37 bits per heavy atom. The highest BCUT2D eigenvalue weighted by atomic mass is 19.4. The molecule has 0 aromatic heterocycles. The van der Waals surface area contributed by atoms with E-state index in [0.717, 1.165) is 12.1 Å². The molecule has 0 fully saturated rings. The van der Waals surface area contributed by atoms with Crippen molar-refractivity contribution in [3.63, 3.8) is 0 Å². The molecular weight excluding hydrogens is 267 g/mol. The molecule has 0 spiro atoms. The minimum Gasteiger partial charge on any atom is -0.497 e. The monoisotopic (exact) mass is 277 g/mol. The topological polar surface area (TPSA) is 75.6 Å². The molecule has 0 bridgehead atoms. The third-order valence-corrected chi connectivity index (χ3v) is 2.09. The van der Waals surface area contributed by atoms with Gasteiger partial charge in [-0.3, -0.25) is 4.79 Å². The minimum absolute atomic E-state index is 0.214. The average molecular weight is 277 g/mol. The standard InChI is InChI=1S/C11H10F3NO4/c1-19-6-2-3-8(7(4-6)10(17)18)15-9(16)5-11(12,13)14/h2-4H,5H2,1H3,(H,15,16)(H,17,18). The lowest BCUT2D eigenvalue weighted by molar-refractivity contribution is -0.150. The Morgan fingerprint density at radius 3 is 2.47 bits per heavy atom. The molecule has 1 aromatic rings. The van der Waals surface area contributed by atoms with E-state index in [0.29, 0.717) is 0 Å². The SMILES string of the molecule is COc1ccc(NC(=O)CC(F)(F)F)c(C(=O)O)c1. The molecule has 0 aliphatic rings. The van der Waals surface area contributed by atoms with E-state index in [2.05, 4.69) is 0 Å². The van der Waals surface area contributed by atoms with Crippen LogP contribution in [0.5, 0.6) is 5.75 Å². The molecule has 0 aliphatic carbocycles. The highest BCUT2D eigenvalue weighted by molar-refractivity contribution is 6.01. The first kappa shape index (κ1) is 14.8. The van der Waals surface area contributed by atoms with Gasteiger partial charge >= 0.3 is 12.1 Å². The summed E-state index contributed by atoms with van der Waals surface area (Å²) in [7, 11) is 1.31. The fourth-order valence-electron chi connectivity index (χ4n) is 1.31. The molecule has 1 aromatic carbocycles. The van der Waals surface area contributed by atoms with Crippen molar-refractivity contribution in [1.29, 1.82) is 0 Å². The third-order valence-electron chi connectivity index (χ3n) is 2.09. The second-order valence-electron chi connectivity index (χ2n) is 3.56. The minimum atomic E-state index is -4.65. The maximum absolute atomic E-state index is 12.0. The molecule has 1 rings (SSSR count). The lowest BCUT2D eigenvalue weighted by Gasteiger charge is -2.11. The van der Waals surface area contributed by atoms with Crippen molar-refractivity contribution >= 4 is 17.6 Å². The molecule has 8 heteroatoms. The maximum Gasteiger partial charge on any atom is 0.397 e. The van der Waals surface area contributed by atoms with Crippen molar-refractivity contribution < 1.29 is 32.6 Å². The quantitative estimate of drug-likeness (QED) is 0.885. The molecule has 5 nitrogen and oxygen atoms in total. The van der Waals surface area contributed by atoms with E-state index in [9.17, 15) is 22.8 Å². The molecule has 0 radical (unpaired) electrons. The fraction of sp³-hybridized carbons (Fsp3) is 0.273. The van der Waals surface area contributed by atoms with Gasteiger partial charge < -0.3 is 15.2 Å². The molecular formula is C11H10F3NO4. The second kappa shape index (κ2) is 5.59. The Morgan fingerprint density at radius 2 is 2.00 bits per heavy atom. The lowest BCUT2D eigenvalue weighted by atomic mass is 10.1. The third kappa shape index (κ3) is 4.49. The van der Waals surface area contributed by atoms with Crippen molar-refractivity contribution in [1.82, 2.24) is 0 Å². The van der Waals surface area contributed by atoms with Crippen molar-refractivity contribution in [2.24, 2.45) is 0 Å². The Hall–Kier alpha value is -2.25. The van der Waals surface area contributed by atoms with Crippen LogP contribution in [0.1, 0.15) is 16.8 Å². The second-order valence-corrected chi connectivity index (χ2v) is 3.56. The number of carbonyl (C=O) groups is 2. The molecule has 0 aliphatic heterocycles. The van der Waals surface area contributed by atoms with Gasteiger partial charge in [-0.25, -0.2) is 4.79 Å². The van der Waals surface area contributed by atoms with Crippen molar-refractivity contribution in [2.45, 2.75) is 12.6 Å². The van der Waals surface area contributed by atoms with Crippen LogP contribution >= 0.6 is 0 Å². The Bertz CT molecular complexity index is 499. The van der Waals surface area contributed by atoms with Gasteiger partial charge in [0.1, 0.15) is 12.2 Å². The number of anilines is 1. The molecule has 0 unspecified atom stereocenters. The van der Waals surface area contributed by atoms with Crippen LogP contribution in [-0.2, 0) is 4.79 Å². The summed E-state index contributed by atoms with van der Waals surface area (Å²) >= 11 is 0.